The van der Waals surface area contributed by atoms with Crippen LogP contribution in [-0.2, 0) is 28.5 Å². The van der Waals surface area contributed by atoms with E-state index in [4.69, 9.17) is 18.9 Å². The van der Waals surface area contributed by atoms with Crippen LogP contribution in [0.15, 0.2) is 0 Å². The Morgan fingerprint density at radius 1 is 0.606 bits per heavy atom. The predicted molar refractivity (Wildman–Crippen MR) is 280 cm³/mol. The van der Waals surface area contributed by atoms with Crippen LogP contribution in [-0.4, -0.2) is 87.2 Å². The second-order valence-corrected chi connectivity index (χ2v) is 27.2. The lowest BCUT2D eigenvalue weighted by molar-refractivity contribution is -0.194. The van der Waals surface area contributed by atoms with Crippen molar-refractivity contribution in [2.24, 2.45) is 5.92 Å². The van der Waals surface area contributed by atoms with Crippen LogP contribution < -0.4 is 5.32 Å². The van der Waals surface area contributed by atoms with Crippen molar-refractivity contribution >= 4 is 20.0 Å². The SMILES string of the molecule is CCCCCCCCCCCCCCCCC(CCCCCCCCCC)C(=O)O[C@H]1[C@H](O)[C@@H](CO)OC[C@@H]1NC(=O)CC(CCCCCCCCCCCCC)OCOCC[Si](C)(C)C. The monoisotopic (exact) mass is 954 g/mol. The fourth-order valence-electron chi connectivity index (χ4n) is 9.36. The lowest BCUT2D eigenvalue weighted by Gasteiger charge is -2.40. The average molecular weight is 955 g/mol. The van der Waals surface area contributed by atoms with Crippen LogP contribution in [0.1, 0.15) is 258 Å². The molecule has 392 valence electrons. The highest BCUT2D eigenvalue weighted by Gasteiger charge is 2.43. The van der Waals surface area contributed by atoms with E-state index in [1.807, 2.05) is 0 Å². The topological polar surface area (TPSA) is 124 Å². The van der Waals surface area contributed by atoms with Crippen molar-refractivity contribution in [1.82, 2.24) is 5.32 Å². The average Bonchev–Trinajstić information content (AvgIpc) is 3.28. The van der Waals surface area contributed by atoms with Gasteiger partial charge in [-0.2, -0.15) is 0 Å². The summed E-state index contributed by atoms with van der Waals surface area (Å²) in [6.07, 6.45) is 40.5. The zero-order valence-electron chi connectivity index (χ0n) is 44.5. The lowest BCUT2D eigenvalue weighted by atomic mass is 9.93. The minimum atomic E-state index is -1.26. The molecule has 0 aliphatic carbocycles. The maximum absolute atomic E-state index is 14.1. The van der Waals surface area contributed by atoms with Crippen LogP contribution in [0, 0.1) is 5.92 Å². The summed E-state index contributed by atoms with van der Waals surface area (Å²) in [7, 11) is -1.24. The van der Waals surface area contributed by atoms with Gasteiger partial charge in [0.1, 0.15) is 19.0 Å². The fraction of sp³-hybridized carbons (Fsp3) is 0.964. The number of hydrogen-bond acceptors (Lipinski definition) is 8. The second-order valence-electron chi connectivity index (χ2n) is 21.6. The maximum Gasteiger partial charge on any atom is 0.309 e. The van der Waals surface area contributed by atoms with Gasteiger partial charge in [0.2, 0.25) is 5.91 Å². The summed E-state index contributed by atoms with van der Waals surface area (Å²) in [5.74, 6) is -0.791. The number of nitrogens with one attached hydrogen (secondary N) is 1. The molecular weight excluding hydrogens is 843 g/mol. The van der Waals surface area contributed by atoms with E-state index in [-0.39, 0.29) is 43.7 Å². The van der Waals surface area contributed by atoms with Gasteiger partial charge in [0.05, 0.1) is 37.7 Å². The van der Waals surface area contributed by atoms with Crippen molar-refractivity contribution in [2.45, 2.75) is 314 Å². The van der Waals surface area contributed by atoms with Gasteiger partial charge in [-0.3, -0.25) is 9.59 Å². The summed E-state index contributed by atoms with van der Waals surface area (Å²) in [4.78, 5) is 27.9. The third-order valence-electron chi connectivity index (χ3n) is 14.0. The normalized spacial score (nSPS) is 18.7. The first-order valence-electron chi connectivity index (χ1n) is 28.7. The van der Waals surface area contributed by atoms with Crippen molar-refractivity contribution in [3.05, 3.63) is 0 Å². The van der Waals surface area contributed by atoms with Gasteiger partial charge in [-0.1, -0.05) is 252 Å². The van der Waals surface area contributed by atoms with Crippen LogP contribution in [0.4, 0.5) is 0 Å². The number of esters is 1. The summed E-state index contributed by atoms with van der Waals surface area (Å²) >= 11 is 0. The molecule has 0 radical (unpaired) electrons. The molecule has 1 saturated heterocycles. The largest absolute Gasteiger partial charge is 0.457 e. The second kappa shape index (κ2) is 43.9. The Labute approximate surface area is 409 Å². The Balaban J connectivity index is 2.82. The molecule has 1 rings (SSSR count). The number of aliphatic hydroxyl groups is 2. The van der Waals surface area contributed by atoms with Crippen molar-refractivity contribution in [1.29, 1.82) is 0 Å². The Morgan fingerprint density at radius 2 is 1.00 bits per heavy atom. The van der Waals surface area contributed by atoms with Gasteiger partial charge in [-0.15, -0.1) is 0 Å². The van der Waals surface area contributed by atoms with E-state index in [9.17, 15) is 19.8 Å². The van der Waals surface area contributed by atoms with Crippen LogP contribution in [0.25, 0.3) is 0 Å². The molecule has 0 aromatic carbocycles. The zero-order chi connectivity index (χ0) is 48.4. The molecule has 6 atom stereocenters. The van der Waals surface area contributed by atoms with E-state index >= 15 is 0 Å². The first kappa shape index (κ1) is 63.0. The fourth-order valence-corrected chi connectivity index (χ4v) is 10.1. The van der Waals surface area contributed by atoms with E-state index in [1.54, 1.807) is 0 Å². The lowest BCUT2D eigenvalue weighted by Crippen LogP contribution is -2.61. The summed E-state index contributed by atoms with van der Waals surface area (Å²) in [6.45, 7) is 14.2. The van der Waals surface area contributed by atoms with E-state index in [0.29, 0.717) is 6.61 Å². The first-order valence-corrected chi connectivity index (χ1v) is 32.4. The minimum absolute atomic E-state index is 0.0392. The minimum Gasteiger partial charge on any atom is -0.457 e. The summed E-state index contributed by atoms with van der Waals surface area (Å²) in [5, 5.41) is 24.5. The molecule has 1 aliphatic rings. The van der Waals surface area contributed by atoms with Gasteiger partial charge in [-0.25, -0.2) is 0 Å². The number of ether oxygens (including phenoxy) is 4. The predicted octanol–water partition coefficient (Wildman–Crippen LogP) is 14.9. The van der Waals surface area contributed by atoms with Gasteiger partial charge in [0, 0.05) is 14.7 Å². The maximum atomic E-state index is 14.1. The van der Waals surface area contributed by atoms with Crippen molar-refractivity contribution in [2.75, 3.05) is 26.6 Å². The molecule has 0 aromatic rings. The quantitative estimate of drug-likeness (QED) is 0.0238. The molecule has 0 saturated carbocycles. The van der Waals surface area contributed by atoms with Gasteiger partial charge >= 0.3 is 5.97 Å². The van der Waals surface area contributed by atoms with Crippen LogP contribution in [0.5, 0.6) is 0 Å². The molecule has 0 spiro atoms. The van der Waals surface area contributed by atoms with Gasteiger partial charge in [0.25, 0.3) is 0 Å². The molecule has 1 fully saturated rings. The number of aliphatic hydroxyl groups excluding tert-OH is 2. The zero-order valence-corrected chi connectivity index (χ0v) is 45.5. The third-order valence-corrected chi connectivity index (χ3v) is 15.7. The molecule has 9 nitrogen and oxygen atoms in total. The molecule has 1 amide bonds. The van der Waals surface area contributed by atoms with E-state index in [2.05, 4.69) is 45.7 Å². The van der Waals surface area contributed by atoms with Crippen molar-refractivity contribution in [3.63, 3.8) is 0 Å². The molecule has 0 bridgehead atoms. The van der Waals surface area contributed by atoms with E-state index in [1.165, 1.54) is 173 Å². The Hall–Kier alpha value is -1.04. The molecule has 10 heteroatoms. The van der Waals surface area contributed by atoms with Gasteiger partial charge < -0.3 is 34.5 Å². The molecule has 0 aromatic heterocycles. The van der Waals surface area contributed by atoms with E-state index in [0.717, 1.165) is 63.8 Å². The Bertz CT molecular complexity index is 1090. The standard InChI is InChI=1S/C56H111NO8Si/c1-7-10-13-16-19-22-24-25-26-28-29-32-35-38-41-49(40-37-34-31-21-18-15-12-9-3)56(61)65-55-51(47-63-52(46-58)54(55)60)57-53(59)45-50(64-48-62-43-44-66(4,5)6)42-39-36-33-30-27-23-20-17-14-11-8-2/h49-52,54-55,58,60H,7-48H2,1-6H3,(H,57,59)/t49?,50?,51-,52+,54+,55+/m0/s1. The number of carbonyl (C=O) groups is 2. The van der Waals surface area contributed by atoms with E-state index < -0.39 is 39.0 Å². The number of unbranched alkanes of at least 4 members (excludes halogenated alkanes) is 30. The summed E-state index contributed by atoms with van der Waals surface area (Å²) in [5.41, 5.74) is 0. The molecular formula is C56H111NO8Si. The molecule has 3 N–H and O–H groups in total. The molecule has 2 unspecified atom stereocenters. The molecule has 66 heavy (non-hydrogen) atoms. The highest BCUT2D eigenvalue weighted by atomic mass is 28.3. The Kier molecular flexibility index (Phi) is 41.9. The number of carbonyl (C=O) groups excluding carboxylic acids is 2. The van der Waals surface area contributed by atoms with Crippen LogP contribution in [0.3, 0.4) is 0 Å². The highest BCUT2D eigenvalue weighted by molar-refractivity contribution is 6.76. The van der Waals surface area contributed by atoms with Crippen LogP contribution in [0.2, 0.25) is 25.7 Å². The van der Waals surface area contributed by atoms with Gasteiger partial charge in [0.15, 0.2) is 6.10 Å². The molecule has 1 heterocycles. The van der Waals surface area contributed by atoms with Crippen molar-refractivity contribution < 1.29 is 38.7 Å². The van der Waals surface area contributed by atoms with Crippen molar-refractivity contribution in [3.8, 4) is 0 Å². The highest BCUT2D eigenvalue weighted by Crippen LogP contribution is 2.26. The number of rotatable bonds is 48. The molecule has 1 aliphatic heterocycles. The summed E-state index contributed by atoms with van der Waals surface area (Å²) < 4.78 is 24.1. The first-order chi connectivity index (χ1) is 32.1. The third kappa shape index (κ3) is 36.0. The number of amides is 1. The van der Waals surface area contributed by atoms with Gasteiger partial charge in [-0.05, 0) is 25.3 Å². The summed E-state index contributed by atoms with van der Waals surface area (Å²) in [6, 6.07) is 0.318. The van der Waals surface area contributed by atoms with Crippen LogP contribution >= 0.6 is 0 Å². The smallest absolute Gasteiger partial charge is 0.309 e. The number of hydrogen-bond donors (Lipinski definition) is 3. The Morgan fingerprint density at radius 3 is 1.39 bits per heavy atom.